The van der Waals surface area contributed by atoms with Crippen molar-refractivity contribution in [2.75, 3.05) is 42.9 Å². The third-order valence-corrected chi connectivity index (χ3v) is 6.18. The first kappa shape index (κ1) is 22.0. The first-order valence-corrected chi connectivity index (χ1v) is 11.4. The molecule has 1 fully saturated rings. The van der Waals surface area contributed by atoms with E-state index in [0.29, 0.717) is 30.3 Å². The van der Waals surface area contributed by atoms with Gasteiger partial charge in [0.1, 0.15) is 0 Å². The molecule has 0 bridgehead atoms. The van der Waals surface area contributed by atoms with Crippen LogP contribution in [0, 0.1) is 6.92 Å². The number of aryl methyl sites for hydroxylation is 2. The van der Waals surface area contributed by atoms with Crippen LogP contribution in [0.1, 0.15) is 25.3 Å². The van der Waals surface area contributed by atoms with Gasteiger partial charge in [0.15, 0.2) is 0 Å². The molecule has 7 nitrogen and oxygen atoms in total. The Kier molecular flexibility index (Phi) is 6.85. The molecule has 2 aromatic carbocycles. The molecule has 2 heterocycles. The summed E-state index contributed by atoms with van der Waals surface area (Å²) in [5.74, 6) is -0.0458. The summed E-state index contributed by atoms with van der Waals surface area (Å²) in [6.07, 6.45) is 2.48. The van der Waals surface area contributed by atoms with Gasteiger partial charge in [0, 0.05) is 50.5 Å². The van der Waals surface area contributed by atoms with E-state index in [1.807, 2.05) is 30.3 Å². The first-order chi connectivity index (χ1) is 15.5. The number of amides is 1. The van der Waals surface area contributed by atoms with Crippen LogP contribution in [0.2, 0.25) is 0 Å². The fourth-order valence-corrected chi connectivity index (χ4v) is 4.29. The monoisotopic (exact) mass is 433 g/mol. The van der Waals surface area contributed by atoms with E-state index < -0.39 is 0 Å². The fourth-order valence-electron chi connectivity index (χ4n) is 4.29. The number of carbonyl (C=O) groups excluding carboxylic acids is 1. The van der Waals surface area contributed by atoms with Gasteiger partial charge in [-0.15, -0.1) is 0 Å². The highest BCUT2D eigenvalue weighted by molar-refractivity contribution is 5.91. The standard InChI is InChI=1S/C25H31N5O2/c1-3-28-13-15-29(16-14-28)23-11-10-20(17-19(23)2)27-24(31)9-6-12-30-18-26-22-8-5-4-7-21(22)25(30)32/h4-5,7-8,10-11,17-18H,3,6,9,12-16H2,1-2H3,(H,27,31). The lowest BCUT2D eigenvalue weighted by atomic mass is 10.1. The second kappa shape index (κ2) is 9.96. The van der Waals surface area contributed by atoms with Crippen molar-refractivity contribution < 1.29 is 4.79 Å². The zero-order valence-corrected chi connectivity index (χ0v) is 18.9. The predicted octanol–water partition coefficient (Wildman–Crippen LogP) is 3.27. The number of piperazine rings is 1. The number of aromatic nitrogens is 2. The zero-order valence-electron chi connectivity index (χ0n) is 18.9. The van der Waals surface area contributed by atoms with E-state index in [1.54, 1.807) is 17.0 Å². The Morgan fingerprint density at radius 2 is 1.88 bits per heavy atom. The molecule has 4 rings (SSSR count). The average molecular weight is 434 g/mol. The highest BCUT2D eigenvalue weighted by Crippen LogP contribution is 2.25. The Morgan fingerprint density at radius 1 is 1.09 bits per heavy atom. The number of rotatable bonds is 7. The van der Waals surface area contributed by atoms with Crippen molar-refractivity contribution in [1.29, 1.82) is 0 Å². The maximum atomic E-state index is 12.5. The molecule has 168 valence electrons. The number of nitrogens with zero attached hydrogens (tertiary/aromatic N) is 4. The van der Waals surface area contributed by atoms with E-state index in [9.17, 15) is 9.59 Å². The lowest BCUT2D eigenvalue weighted by molar-refractivity contribution is -0.116. The molecule has 0 atom stereocenters. The Labute approximate surface area is 188 Å². The topological polar surface area (TPSA) is 70.5 Å². The third kappa shape index (κ3) is 4.99. The van der Waals surface area contributed by atoms with E-state index in [0.717, 1.165) is 38.4 Å². The lowest BCUT2D eigenvalue weighted by Crippen LogP contribution is -2.46. The van der Waals surface area contributed by atoms with Crippen LogP contribution in [0.5, 0.6) is 0 Å². The van der Waals surface area contributed by atoms with E-state index in [-0.39, 0.29) is 11.5 Å². The van der Waals surface area contributed by atoms with E-state index in [4.69, 9.17) is 0 Å². The number of hydrogen-bond donors (Lipinski definition) is 1. The summed E-state index contributed by atoms with van der Waals surface area (Å²) in [6.45, 7) is 10.1. The van der Waals surface area contributed by atoms with Crippen LogP contribution >= 0.6 is 0 Å². The van der Waals surface area contributed by atoms with Crippen LogP contribution in [0.15, 0.2) is 53.6 Å². The van der Waals surface area contributed by atoms with Gasteiger partial charge in [-0.25, -0.2) is 4.98 Å². The molecule has 0 unspecified atom stereocenters. The zero-order chi connectivity index (χ0) is 22.5. The highest BCUT2D eigenvalue weighted by Gasteiger charge is 2.17. The van der Waals surface area contributed by atoms with Crippen molar-refractivity contribution in [3.05, 3.63) is 64.7 Å². The summed E-state index contributed by atoms with van der Waals surface area (Å²) in [5.41, 5.74) is 3.84. The molecule has 1 amide bonds. The number of para-hydroxylation sites is 1. The van der Waals surface area contributed by atoms with E-state index in [1.165, 1.54) is 11.3 Å². The largest absolute Gasteiger partial charge is 0.369 e. The third-order valence-electron chi connectivity index (χ3n) is 6.18. The summed E-state index contributed by atoms with van der Waals surface area (Å²) in [4.78, 5) is 34.2. The van der Waals surface area contributed by atoms with Gasteiger partial charge in [-0.3, -0.25) is 14.2 Å². The van der Waals surface area contributed by atoms with Gasteiger partial charge < -0.3 is 15.1 Å². The van der Waals surface area contributed by atoms with Gasteiger partial charge in [0.2, 0.25) is 5.91 Å². The number of carbonyl (C=O) groups is 1. The van der Waals surface area contributed by atoms with Gasteiger partial charge in [-0.2, -0.15) is 0 Å². The molecular formula is C25H31N5O2. The minimum atomic E-state index is -0.0676. The number of anilines is 2. The number of fused-ring (bicyclic) bond motifs is 1. The van der Waals surface area contributed by atoms with Gasteiger partial charge in [-0.05, 0) is 55.8 Å². The fraction of sp³-hybridized carbons (Fsp3) is 0.400. The molecule has 0 radical (unpaired) electrons. The summed E-state index contributed by atoms with van der Waals surface area (Å²) in [5, 5.41) is 3.59. The SMILES string of the molecule is CCN1CCN(c2ccc(NC(=O)CCCn3cnc4ccccc4c3=O)cc2C)CC1. The minimum Gasteiger partial charge on any atom is -0.369 e. The normalized spacial score (nSPS) is 14.6. The number of benzene rings is 2. The Morgan fingerprint density at radius 3 is 2.62 bits per heavy atom. The Hall–Kier alpha value is -3.19. The first-order valence-electron chi connectivity index (χ1n) is 11.4. The molecule has 1 saturated heterocycles. The highest BCUT2D eigenvalue weighted by atomic mass is 16.1. The summed E-state index contributed by atoms with van der Waals surface area (Å²) in [7, 11) is 0. The van der Waals surface area contributed by atoms with Crippen LogP contribution in [0.4, 0.5) is 11.4 Å². The molecule has 0 spiro atoms. The number of hydrogen-bond acceptors (Lipinski definition) is 5. The van der Waals surface area contributed by atoms with Crippen molar-refractivity contribution >= 4 is 28.2 Å². The van der Waals surface area contributed by atoms with Gasteiger partial charge in [0.25, 0.3) is 5.56 Å². The molecule has 0 saturated carbocycles. The number of nitrogens with one attached hydrogen (secondary N) is 1. The quantitative estimate of drug-likeness (QED) is 0.619. The lowest BCUT2D eigenvalue weighted by Gasteiger charge is -2.36. The maximum absolute atomic E-state index is 12.5. The van der Waals surface area contributed by atoms with Crippen LogP contribution in [-0.2, 0) is 11.3 Å². The van der Waals surface area contributed by atoms with Crippen molar-refractivity contribution in [1.82, 2.24) is 14.5 Å². The van der Waals surface area contributed by atoms with Crippen LogP contribution in [0.3, 0.4) is 0 Å². The Balaban J connectivity index is 1.30. The molecule has 7 heteroatoms. The molecule has 0 aliphatic carbocycles. The minimum absolute atomic E-state index is 0.0458. The Bertz CT molecular complexity index is 1150. The molecule has 1 N–H and O–H groups in total. The van der Waals surface area contributed by atoms with Crippen LogP contribution in [0.25, 0.3) is 10.9 Å². The van der Waals surface area contributed by atoms with Crippen molar-refractivity contribution in [3.8, 4) is 0 Å². The van der Waals surface area contributed by atoms with Crippen molar-refractivity contribution in [2.45, 2.75) is 33.2 Å². The summed E-state index contributed by atoms with van der Waals surface area (Å²) in [6, 6.07) is 13.4. The van der Waals surface area contributed by atoms with Crippen LogP contribution < -0.4 is 15.8 Å². The van der Waals surface area contributed by atoms with Crippen LogP contribution in [-0.4, -0.2) is 53.1 Å². The molecule has 1 aliphatic rings. The second-order valence-corrected chi connectivity index (χ2v) is 8.33. The summed E-state index contributed by atoms with van der Waals surface area (Å²) < 4.78 is 1.58. The van der Waals surface area contributed by atoms with E-state index in [2.05, 4.69) is 40.0 Å². The smallest absolute Gasteiger partial charge is 0.261 e. The molecule has 32 heavy (non-hydrogen) atoms. The maximum Gasteiger partial charge on any atom is 0.261 e. The molecule has 1 aromatic heterocycles. The average Bonchev–Trinajstić information content (AvgIpc) is 2.81. The van der Waals surface area contributed by atoms with Gasteiger partial charge in [0.05, 0.1) is 17.2 Å². The van der Waals surface area contributed by atoms with Gasteiger partial charge in [-0.1, -0.05) is 19.1 Å². The summed E-state index contributed by atoms with van der Waals surface area (Å²) >= 11 is 0. The van der Waals surface area contributed by atoms with Crippen molar-refractivity contribution in [2.24, 2.45) is 0 Å². The number of likely N-dealkylation sites (N-methyl/N-ethyl adjacent to an activating group) is 1. The van der Waals surface area contributed by atoms with E-state index >= 15 is 0 Å². The second-order valence-electron chi connectivity index (χ2n) is 8.33. The molecule has 1 aliphatic heterocycles. The predicted molar refractivity (Wildman–Crippen MR) is 129 cm³/mol. The van der Waals surface area contributed by atoms with Crippen molar-refractivity contribution in [3.63, 3.8) is 0 Å². The molecule has 3 aromatic rings. The van der Waals surface area contributed by atoms with Gasteiger partial charge >= 0.3 is 0 Å². The molecular weight excluding hydrogens is 402 g/mol.